The maximum Gasteiger partial charge on any atom is 0.410 e. The molecule has 0 aliphatic carbocycles. The van der Waals surface area contributed by atoms with Crippen molar-refractivity contribution in [1.29, 1.82) is 0 Å². The lowest BCUT2D eigenvalue weighted by atomic mass is 10.0. The van der Waals surface area contributed by atoms with Crippen LogP contribution in [0.15, 0.2) is 42.9 Å². The fraction of sp³-hybridized carbons (Fsp3) is 0.423. The molecule has 4 aromatic rings. The highest BCUT2D eigenvalue weighted by molar-refractivity contribution is 5.70. The maximum atomic E-state index is 14.9. The van der Waals surface area contributed by atoms with Crippen molar-refractivity contribution in [2.24, 2.45) is 0 Å². The third kappa shape index (κ3) is 5.65. The van der Waals surface area contributed by atoms with Crippen LogP contribution >= 0.6 is 0 Å². The minimum atomic E-state index is -2.80. The van der Waals surface area contributed by atoms with E-state index in [4.69, 9.17) is 9.47 Å². The molecule has 1 amide bonds. The van der Waals surface area contributed by atoms with Crippen molar-refractivity contribution < 1.29 is 27.4 Å². The van der Waals surface area contributed by atoms with Crippen molar-refractivity contribution in [3.8, 4) is 28.4 Å². The number of nitrogens with zero attached hydrogens (tertiary/aromatic N) is 7. The molecule has 40 heavy (non-hydrogen) atoms. The molecule has 14 heteroatoms. The van der Waals surface area contributed by atoms with Gasteiger partial charge in [0.2, 0.25) is 0 Å². The van der Waals surface area contributed by atoms with Gasteiger partial charge in [-0.2, -0.15) is 19.0 Å². The highest BCUT2D eigenvalue weighted by atomic mass is 19.3. The summed E-state index contributed by atoms with van der Waals surface area (Å²) < 4.78 is 54.0. The van der Waals surface area contributed by atoms with Gasteiger partial charge >= 0.3 is 12.6 Å². The number of rotatable bonds is 6. The van der Waals surface area contributed by atoms with Gasteiger partial charge in [-0.15, -0.1) is 0 Å². The van der Waals surface area contributed by atoms with Gasteiger partial charge in [-0.3, -0.25) is 0 Å². The summed E-state index contributed by atoms with van der Waals surface area (Å²) in [5, 5.41) is 11.4. The van der Waals surface area contributed by atoms with Crippen molar-refractivity contribution in [2.45, 2.75) is 51.6 Å². The molecule has 0 radical (unpaired) electrons. The number of piperidine rings is 1. The van der Waals surface area contributed by atoms with Crippen LogP contribution in [0.5, 0.6) is 5.75 Å². The molecule has 11 nitrogen and oxygen atoms in total. The number of aromatic nitrogens is 6. The molecule has 1 aliphatic heterocycles. The summed E-state index contributed by atoms with van der Waals surface area (Å²) in [6.07, 6.45) is 2.52. The SMILES string of the molecule is COc1cc2ncc(-c3cccc(N[C@H]4CN(C(=O)OC(C)(C)C)CC[C@@H]4F)n3)n2nc1-c1cnn(C(F)F)c1. The summed E-state index contributed by atoms with van der Waals surface area (Å²) >= 11 is 0. The van der Waals surface area contributed by atoms with Crippen molar-refractivity contribution in [1.82, 2.24) is 34.3 Å². The fourth-order valence-corrected chi connectivity index (χ4v) is 4.40. The third-order valence-corrected chi connectivity index (χ3v) is 6.28. The number of carbonyl (C=O) groups is 1. The monoisotopic (exact) mass is 558 g/mol. The Balaban J connectivity index is 1.42. The summed E-state index contributed by atoms with van der Waals surface area (Å²) in [6.45, 7) is 2.93. The number of pyridine rings is 1. The van der Waals surface area contributed by atoms with Crippen LogP contribution in [0.3, 0.4) is 0 Å². The molecule has 0 unspecified atom stereocenters. The number of amides is 1. The van der Waals surface area contributed by atoms with E-state index >= 15 is 0 Å². The van der Waals surface area contributed by atoms with Crippen molar-refractivity contribution in [3.05, 3.63) is 42.9 Å². The Hall–Kier alpha value is -4.36. The maximum absolute atomic E-state index is 14.9. The second kappa shape index (κ2) is 10.7. The number of fused-ring (bicyclic) bond motifs is 1. The molecule has 0 saturated carbocycles. The normalized spacial score (nSPS) is 17.9. The van der Waals surface area contributed by atoms with Crippen molar-refractivity contribution in [2.75, 3.05) is 25.5 Å². The van der Waals surface area contributed by atoms with Gasteiger partial charge in [0.1, 0.15) is 29.0 Å². The number of imidazole rings is 1. The van der Waals surface area contributed by atoms with Crippen molar-refractivity contribution >= 4 is 17.6 Å². The highest BCUT2D eigenvalue weighted by Gasteiger charge is 2.34. The number of halogens is 3. The van der Waals surface area contributed by atoms with E-state index in [2.05, 4.69) is 25.5 Å². The van der Waals surface area contributed by atoms with Crippen LogP contribution in [0, 0.1) is 0 Å². The first-order chi connectivity index (χ1) is 19.0. The van der Waals surface area contributed by atoms with Crippen LogP contribution in [0.4, 0.5) is 23.8 Å². The first kappa shape index (κ1) is 27.2. The summed E-state index contributed by atoms with van der Waals surface area (Å²) in [7, 11) is 1.45. The highest BCUT2D eigenvalue weighted by Crippen LogP contribution is 2.31. The van der Waals surface area contributed by atoms with Gasteiger partial charge in [0.15, 0.2) is 11.4 Å². The largest absolute Gasteiger partial charge is 0.494 e. The fourth-order valence-electron chi connectivity index (χ4n) is 4.40. The molecule has 0 bridgehead atoms. The number of methoxy groups -OCH3 is 1. The smallest absolute Gasteiger partial charge is 0.410 e. The minimum absolute atomic E-state index is 0.120. The lowest BCUT2D eigenvalue weighted by Crippen LogP contribution is -2.52. The van der Waals surface area contributed by atoms with Gasteiger partial charge < -0.3 is 19.7 Å². The Kier molecular flexibility index (Phi) is 7.25. The van der Waals surface area contributed by atoms with Crippen LogP contribution in [0.1, 0.15) is 33.7 Å². The standard InChI is InChI=1S/C26H29F3N8O3/c1-26(2,3)40-25(38)35-9-8-16(27)18(14-35)33-21-7-5-6-17(32-21)19-12-30-22-10-20(39-4)23(34-37(19)22)15-11-31-36(13-15)24(28)29/h5-7,10-13,16,18,24H,8-9,14H2,1-4H3,(H,32,33)/t16-,18-/m0/s1. The summed E-state index contributed by atoms with van der Waals surface area (Å²) in [5.41, 5.74) is 1.42. The molecule has 1 N–H and O–H groups in total. The number of likely N-dealkylation sites (tertiary alicyclic amines) is 1. The van der Waals surface area contributed by atoms with Gasteiger partial charge in [0.05, 0.1) is 31.2 Å². The van der Waals surface area contributed by atoms with E-state index in [1.54, 1.807) is 51.2 Å². The molecule has 0 aromatic carbocycles. The van der Waals surface area contributed by atoms with Crippen LogP contribution in [-0.4, -0.2) is 78.4 Å². The van der Waals surface area contributed by atoms with E-state index in [1.807, 2.05) is 0 Å². The zero-order valence-electron chi connectivity index (χ0n) is 22.4. The van der Waals surface area contributed by atoms with E-state index in [0.29, 0.717) is 44.5 Å². The molecular formula is C26H29F3N8O3. The first-order valence-corrected chi connectivity index (χ1v) is 12.6. The zero-order chi connectivity index (χ0) is 28.6. The van der Waals surface area contributed by atoms with Crippen LogP contribution < -0.4 is 10.1 Å². The van der Waals surface area contributed by atoms with Gasteiger partial charge in [-0.05, 0) is 39.3 Å². The van der Waals surface area contributed by atoms with Gasteiger partial charge in [0, 0.05) is 30.9 Å². The Morgan fingerprint density at radius 2 is 2.02 bits per heavy atom. The number of ether oxygens (including phenoxy) is 2. The average molecular weight is 559 g/mol. The van der Waals surface area contributed by atoms with Gasteiger partial charge in [-0.25, -0.2) is 28.4 Å². The summed E-state index contributed by atoms with van der Waals surface area (Å²) in [6, 6.07) is 6.14. The van der Waals surface area contributed by atoms with Crippen LogP contribution in [-0.2, 0) is 4.74 Å². The van der Waals surface area contributed by atoms with Crippen LogP contribution in [0.25, 0.3) is 28.3 Å². The van der Waals surface area contributed by atoms with Gasteiger partial charge in [0.25, 0.3) is 0 Å². The third-order valence-electron chi connectivity index (χ3n) is 6.28. The Morgan fingerprint density at radius 1 is 1.23 bits per heavy atom. The molecule has 1 aliphatic rings. The summed E-state index contributed by atoms with van der Waals surface area (Å²) in [4.78, 5) is 23.0. The number of hydrogen-bond acceptors (Lipinski definition) is 8. The number of alkyl halides is 3. The second-order valence-corrected chi connectivity index (χ2v) is 10.4. The Bertz CT molecular complexity index is 1520. The van der Waals surface area contributed by atoms with Crippen LogP contribution in [0.2, 0.25) is 0 Å². The quantitative estimate of drug-likeness (QED) is 0.359. The number of hydrogen-bond donors (Lipinski definition) is 1. The average Bonchev–Trinajstić information content (AvgIpc) is 3.56. The Morgan fingerprint density at radius 3 is 2.73 bits per heavy atom. The topological polar surface area (TPSA) is 112 Å². The van der Waals surface area contributed by atoms with Gasteiger partial charge in [-0.1, -0.05) is 6.07 Å². The van der Waals surface area contributed by atoms with E-state index in [0.717, 1.165) is 0 Å². The molecule has 5 heterocycles. The molecule has 2 atom stereocenters. The predicted molar refractivity (Wildman–Crippen MR) is 140 cm³/mol. The lowest BCUT2D eigenvalue weighted by molar-refractivity contribution is 0.0150. The molecule has 4 aromatic heterocycles. The van der Waals surface area contributed by atoms with E-state index in [-0.39, 0.29) is 19.5 Å². The van der Waals surface area contributed by atoms with E-state index in [9.17, 15) is 18.0 Å². The second-order valence-electron chi connectivity index (χ2n) is 10.4. The van der Waals surface area contributed by atoms with E-state index in [1.165, 1.54) is 28.9 Å². The number of carbonyl (C=O) groups excluding carboxylic acids is 1. The molecule has 1 fully saturated rings. The van der Waals surface area contributed by atoms with Crippen molar-refractivity contribution in [3.63, 3.8) is 0 Å². The molecular weight excluding hydrogens is 529 g/mol. The van der Waals surface area contributed by atoms with E-state index < -0.39 is 30.5 Å². The number of nitrogens with one attached hydrogen (secondary N) is 1. The zero-order valence-corrected chi connectivity index (χ0v) is 22.4. The first-order valence-electron chi connectivity index (χ1n) is 12.6. The predicted octanol–water partition coefficient (Wildman–Crippen LogP) is 4.82. The summed E-state index contributed by atoms with van der Waals surface area (Å²) in [5.74, 6) is 0.737. The molecule has 0 spiro atoms. The molecule has 212 valence electrons. The Labute approximate surface area is 227 Å². The lowest BCUT2D eigenvalue weighted by Gasteiger charge is -2.36. The molecule has 5 rings (SSSR count). The minimum Gasteiger partial charge on any atom is -0.494 e. The number of anilines is 1. The molecule has 1 saturated heterocycles.